The maximum absolute atomic E-state index is 13.4. The van der Waals surface area contributed by atoms with E-state index in [-0.39, 0.29) is 11.5 Å². The number of anilines is 1. The van der Waals surface area contributed by atoms with Crippen LogP contribution in [0.4, 0.5) is 15.8 Å². The lowest BCUT2D eigenvalue weighted by atomic mass is 10.0. The normalized spacial score (nSPS) is 15.2. The van der Waals surface area contributed by atoms with Gasteiger partial charge in [0.2, 0.25) is 0 Å². The lowest BCUT2D eigenvalue weighted by Crippen LogP contribution is -2.12. The molecule has 0 radical (unpaired) electrons. The Labute approximate surface area is 141 Å². The summed E-state index contributed by atoms with van der Waals surface area (Å²) in [5.41, 5.74) is 1.72. The third-order valence-corrected chi connectivity index (χ3v) is 4.81. The Morgan fingerprint density at radius 1 is 1.29 bits per heavy atom. The van der Waals surface area contributed by atoms with Crippen LogP contribution < -0.4 is 5.32 Å². The van der Waals surface area contributed by atoms with E-state index in [1.165, 1.54) is 30.0 Å². The Bertz CT molecular complexity index is 880. The molecule has 24 heavy (non-hydrogen) atoms. The zero-order chi connectivity index (χ0) is 17.3. The van der Waals surface area contributed by atoms with E-state index in [4.69, 9.17) is 0 Å². The predicted octanol–water partition coefficient (Wildman–Crippen LogP) is 4.15. The number of nitrogens with one attached hydrogen (secondary N) is 1. The summed E-state index contributed by atoms with van der Waals surface area (Å²) in [7, 11) is 1.60. The Morgan fingerprint density at radius 3 is 2.79 bits per heavy atom. The molecule has 1 N–H and O–H groups in total. The van der Waals surface area contributed by atoms with Gasteiger partial charge in [-0.1, -0.05) is 6.07 Å². The Kier molecular flexibility index (Phi) is 4.35. The maximum atomic E-state index is 13.4. The van der Waals surface area contributed by atoms with Crippen molar-refractivity contribution in [3.05, 3.63) is 69.0 Å². The third kappa shape index (κ3) is 3.03. The number of carbonyl (C=O) groups is 1. The molecule has 0 saturated heterocycles. The fraction of sp³-hybridized carbons (Fsp3) is 0.118. The second-order valence-electron chi connectivity index (χ2n) is 5.21. The van der Waals surface area contributed by atoms with Crippen LogP contribution in [0, 0.1) is 15.9 Å². The zero-order valence-electron chi connectivity index (χ0n) is 12.7. The number of carbonyl (C=O) groups excluding carboxylic acids is 1. The smallest absolute Gasteiger partial charge is 0.292 e. The van der Waals surface area contributed by atoms with E-state index in [0.29, 0.717) is 28.1 Å². The number of thioether (sulfide) groups is 1. The number of hydrogen-bond donors (Lipinski definition) is 1. The zero-order valence-corrected chi connectivity index (χ0v) is 13.5. The largest absolute Gasteiger partial charge is 0.383 e. The fourth-order valence-corrected chi connectivity index (χ4v) is 3.51. The summed E-state index contributed by atoms with van der Waals surface area (Å²) in [5, 5.41) is 13.9. The number of ketones is 1. The molecule has 0 spiro atoms. The van der Waals surface area contributed by atoms with Gasteiger partial charge in [0, 0.05) is 34.9 Å². The molecule has 0 saturated carbocycles. The molecule has 0 fully saturated rings. The van der Waals surface area contributed by atoms with Gasteiger partial charge in [0.15, 0.2) is 5.78 Å². The molecule has 5 nitrogen and oxygen atoms in total. The van der Waals surface area contributed by atoms with Crippen molar-refractivity contribution in [2.45, 2.75) is 4.90 Å². The minimum absolute atomic E-state index is 0.0609. The minimum Gasteiger partial charge on any atom is -0.383 e. The van der Waals surface area contributed by atoms with Gasteiger partial charge in [0.1, 0.15) is 11.5 Å². The van der Waals surface area contributed by atoms with Gasteiger partial charge in [0.05, 0.1) is 4.92 Å². The number of hydrogen-bond acceptors (Lipinski definition) is 5. The molecule has 0 atom stereocenters. The number of rotatable bonds is 3. The van der Waals surface area contributed by atoms with Crippen LogP contribution in [0.2, 0.25) is 0 Å². The van der Waals surface area contributed by atoms with Crippen LogP contribution in [-0.2, 0) is 0 Å². The molecule has 2 aromatic carbocycles. The maximum Gasteiger partial charge on any atom is 0.292 e. The van der Waals surface area contributed by atoms with Gasteiger partial charge in [-0.3, -0.25) is 14.9 Å². The van der Waals surface area contributed by atoms with Crippen molar-refractivity contribution < 1.29 is 14.1 Å². The predicted molar refractivity (Wildman–Crippen MR) is 92.1 cm³/mol. The molecule has 2 aromatic rings. The monoisotopic (exact) mass is 344 g/mol. The highest BCUT2D eigenvalue weighted by molar-refractivity contribution is 7.99. The van der Waals surface area contributed by atoms with E-state index in [1.807, 2.05) is 0 Å². The van der Waals surface area contributed by atoms with Gasteiger partial charge in [-0.05, 0) is 35.9 Å². The molecule has 3 rings (SSSR count). The molecule has 0 aromatic heterocycles. The molecule has 1 aliphatic rings. The lowest BCUT2D eigenvalue weighted by Gasteiger charge is -2.17. The quantitative estimate of drug-likeness (QED) is 0.514. The highest BCUT2D eigenvalue weighted by Crippen LogP contribution is 2.34. The van der Waals surface area contributed by atoms with Gasteiger partial charge >= 0.3 is 0 Å². The number of benzene rings is 2. The second-order valence-corrected chi connectivity index (χ2v) is 6.23. The van der Waals surface area contributed by atoms with Crippen LogP contribution in [-0.4, -0.2) is 23.5 Å². The van der Waals surface area contributed by atoms with E-state index in [0.717, 1.165) is 4.90 Å². The van der Waals surface area contributed by atoms with Crippen LogP contribution in [0.1, 0.15) is 15.9 Å². The summed E-state index contributed by atoms with van der Waals surface area (Å²) in [6.45, 7) is 0. The molecular weight excluding hydrogens is 331 g/mol. The Balaban J connectivity index is 1.99. The average molecular weight is 344 g/mol. The number of nitro groups is 1. The first-order valence-electron chi connectivity index (χ1n) is 7.13. The van der Waals surface area contributed by atoms with Gasteiger partial charge in [-0.15, -0.1) is 11.8 Å². The summed E-state index contributed by atoms with van der Waals surface area (Å²) in [6.07, 6.45) is 1.62. The van der Waals surface area contributed by atoms with E-state index in [1.54, 1.807) is 31.3 Å². The van der Waals surface area contributed by atoms with Crippen LogP contribution in [0.25, 0.3) is 6.08 Å². The number of fused-ring (bicyclic) bond motifs is 1. The van der Waals surface area contributed by atoms with Crippen LogP contribution in [0.15, 0.2) is 46.9 Å². The molecule has 0 unspecified atom stereocenters. The van der Waals surface area contributed by atoms with Crippen LogP contribution in [0.3, 0.4) is 0 Å². The van der Waals surface area contributed by atoms with Crippen molar-refractivity contribution in [1.29, 1.82) is 0 Å². The van der Waals surface area contributed by atoms with Gasteiger partial charge in [-0.25, -0.2) is 4.39 Å². The van der Waals surface area contributed by atoms with Crippen molar-refractivity contribution in [1.82, 2.24) is 0 Å². The standard InChI is InChI=1S/C17H13FN2O3S/c1-19-14-4-2-10(7-15(14)20(22)23)6-11-9-24-16-5-3-12(18)8-13(16)17(11)21/h2-8,19H,9H2,1H3/b11-6+. The summed E-state index contributed by atoms with van der Waals surface area (Å²) in [4.78, 5) is 23.9. The van der Waals surface area contributed by atoms with Crippen LogP contribution >= 0.6 is 11.8 Å². The highest BCUT2D eigenvalue weighted by Gasteiger charge is 2.23. The molecule has 0 bridgehead atoms. The van der Waals surface area contributed by atoms with Crippen LogP contribution in [0.5, 0.6) is 0 Å². The van der Waals surface area contributed by atoms with Gasteiger partial charge in [0.25, 0.3) is 5.69 Å². The Morgan fingerprint density at radius 2 is 2.08 bits per heavy atom. The number of Topliss-reactive ketones (excluding diaryl/α,β-unsaturated/α-hetero) is 1. The summed E-state index contributed by atoms with van der Waals surface area (Å²) in [5.74, 6) is -0.263. The lowest BCUT2D eigenvalue weighted by molar-refractivity contribution is -0.383. The van der Waals surface area contributed by atoms with Gasteiger partial charge in [-0.2, -0.15) is 0 Å². The average Bonchev–Trinajstić information content (AvgIpc) is 2.57. The minimum atomic E-state index is -0.476. The molecule has 122 valence electrons. The number of nitro benzene ring substituents is 1. The first kappa shape index (κ1) is 16.2. The number of nitrogens with zero attached hydrogens (tertiary/aromatic N) is 1. The third-order valence-electron chi connectivity index (χ3n) is 3.69. The van der Waals surface area contributed by atoms with Crippen molar-refractivity contribution in [2.24, 2.45) is 0 Å². The van der Waals surface area contributed by atoms with Crippen molar-refractivity contribution in [2.75, 3.05) is 18.1 Å². The number of halogens is 1. The molecule has 7 heteroatoms. The fourth-order valence-electron chi connectivity index (χ4n) is 2.51. The highest BCUT2D eigenvalue weighted by atomic mass is 32.2. The van der Waals surface area contributed by atoms with E-state index < -0.39 is 10.7 Å². The molecule has 0 aliphatic carbocycles. The van der Waals surface area contributed by atoms with Gasteiger partial charge < -0.3 is 5.32 Å². The molecular formula is C17H13FN2O3S. The SMILES string of the molecule is CNc1ccc(/C=C2\CSc3ccc(F)cc3C2=O)cc1[N+](=O)[O-]. The molecule has 1 heterocycles. The molecule has 1 aliphatic heterocycles. The summed E-state index contributed by atoms with van der Waals surface area (Å²) in [6, 6.07) is 8.86. The van der Waals surface area contributed by atoms with E-state index in [9.17, 15) is 19.3 Å². The van der Waals surface area contributed by atoms with Crippen molar-refractivity contribution in [3.63, 3.8) is 0 Å². The topological polar surface area (TPSA) is 72.2 Å². The second kappa shape index (κ2) is 6.45. The van der Waals surface area contributed by atoms with E-state index in [2.05, 4.69) is 5.32 Å². The Hall–Kier alpha value is -2.67. The summed E-state index contributed by atoms with van der Waals surface area (Å²) < 4.78 is 13.4. The molecule has 0 amide bonds. The first-order valence-corrected chi connectivity index (χ1v) is 8.12. The van der Waals surface area contributed by atoms with Crippen molar-refractivity contribution >= 4 is 35.0 Å². The van der Waals surface area contributed by atoms with Crippen molar-refractivity contribution in [3.8, 4) is 0 Å². The first-order chi connectivity index (χ1) is 11.5. The van der Waals surface area contributed by atoms with E-state index >= 15 is 0 Å². The summed E-state index contributed by atoms with van der Waals surface area (Å²) >= 11 is 1.44.